The average molecular weight is 200 g/mol. The highest BCUT2D eigenvalue weighted by Gasteiger charge is 2.41. The van der Waals surface area contributed by atoms with E-state index in [9.17, 15) is 0 Å². The smallest absolute Gasteiger partial charge is 0.193 e. The summed E-state index contributed by atoms with van der Waals surface area (Å²) in [6.07, 6.45) is 2.08. The van der Waals surface area contributed by atoms with Crippen molar-refractivity contribution in [2.45, 2.75) is 32.5 Å². The molecule has 1 unspecified atom stereocenters. The Morgan fingerprint density at radius 2 is 2.07 bits per heavy atom. The summed E-state index contributed by atoms with van der Waals surface area (Å²) in [5.74, 6) is 0.866. The summed E-state index contributed by atoms with van der Waals surface area (Å²) in [5.41, 5.74) is 0. The van der Waals surface area contributed by atoms with Crippen molar-refractivity contribution in [3.8, 4) is 0 Å². The summed E-state index contributed by atoms with van der Waals surface area (Å²) in [6, 6.07) is 0. The zero-order chi connectivity index (χ0) is 10.0. The van der Waals surface area contributed by atoms with Gasteiger partial charge in [-0.1, -0.05) is 20.3 Å². The predicted octanol–water partition coefficient (Wildman–Crippen LogP) is 1.81. The Kier molecular flexibility index (Phi) is 3.10. The van der Waals surface area contributed by atoms with E-state index in [-0.39, 0.29) is 5.79 Å². The van der Waals surface area contributed by atoms with Crippen LogP contribution in [0.4, 0.5) is 0 Å². The quantitative estimate of drug-likeness (QED) is 0.680. The van der Waals surface area contributed by atoms with E-state index in [4.69, 9.17) is 14.2 Å². The van der Waals surface area contributed by atoms with Gasteiger partial charge in [-0.25, -0.2) is 0 Å². The zero-order valence-electron chi connectivity index (χ0n) is 9.12. The van der Waals surface area contributed by atoms with Crippen molar-refractivity contribution in [3.63, 3.8) is 0 Å². The molecule has 2 aliphatic rings. The molecule has 0 amide bonds. The summed E-state index contributed by atoms with van der Waals surface area (Å²) in [4.78, 5) is 0. The van der Waals surface area contributed by atoms with E-state index in [0.29, 0.717) is 18.4 Å². The van der Waals surface area contributed by atoms with E-state index < -0.39 is 0 Å². The third kappa shape index (κ3) is 1.95. The maximum atomic E-state index is 5.81. The third-order valence-electron chi connectivity index (χ3n) is 3.52. The second-order valence-corrected chi connectivity index (χ2v) is 4.48. The van der Waals surface area contributed by atoms with E-state index in [1.54, 1.807) is 0 Å². The first-order chi connectivity index (χ1) is 6.76. The molecule has 2 rings (SSSR count). The Morgan fingerprint density at radius 1 is 1.36 bits per heavy atom. The lowest BCUT2D eigenvalue weighted by molar-refractivity contribution is -0.283. The molecule has 2 aliphatic heterocycles. The van der Waals surface area contributed by atoms with Gasteiger partial charge in [-0.15, -0.1) is 0 Å². The van der Waals surface area contributed by atoms with Crippen LogP contribution in [0.1, 0.15) is 26.7 Å². The van der Waals surface area contributed by atoms with Crippen molar-refractivity contribution >= 4 is 0 Å². The second kappa shape index (κ2) is 4.17. The number of hydrogen-bond acceptors (Lipinski definition) is 3. The topological polar surface area (TPSA) is 27.7 Å². The summed E-state index contributed by atoms with van der Waals surface area (Å²) in [5, 5.41) is 0. The number of ether oxygens (including phenoxy) is 3. The molecule has 0 N–H and O–H groups in total. The Hall–Kier alpha value is -0.120. The molecule has 0 aromatic heterocycles. The molecule has 2 saturated heterocycles. The van der Waals surface area contributed by atoms with Crippen molar-refractivity contribution in [2.24, 2.45) is 11.8 Å². The highest BCUT2D eigenvalue weighted by molar-refractivity contribution is 4.80. The standard InChI is InChI=1S/C11H20O3/c1-3-9(2)10-6-13-11(14-7-10)4-5-12-8-11/h9-10H,3-8H2,1-2H3. The van der Waals surface area contributed by atoms with Crippen LogP contribution in [-0.2, 0) is 14.2 Å². The molecule has 0 aromatic rings. The Bertz CT molecular complexity index is 177. The Balaban J connectivity index is 1.85. The molecule has 0 aliphatic carbocycles. The van der Waals surface area contributed by atoms with Crippen LogP contribution < -0.4 is 0 Å². The van der Waals surface area contributed by atoms with Crippen molar-refractivity contribution in [1.82, 2.24) is 0 Å². The van der Waals surface area contributed by atoms with Crippen molar-refractivity contribution in [2.75, 3.05) is 26.4 Å². The van der Waals surface area contributed by atoms with E-state index in [0.717, 1.165) is 26.2 Å². The Morgan fingerprint density at radius 3 is 2.57 bits per heavy atom. The molecule has 0 radical (unpaired) electrons. The van der Waals surface area contributed by atoms with E-state index in [1.807, 2.05) is 0 Å². The van der Waals surface area contributed by atoms with E-state index in [2.05, 4.69) is 13.8 Å². The average Bonchev–Trinajstić information content (AvgIpc) is 2.67. The van der Waals surface area contributed by atoms with Crippen LogP contribution in [0.5, 0.6) is 0 Å². The summed E-state index contributed by atoms with van der Waals surface area (Å²) >= 11 is 0. The van der Waals surface area contributed by atoms with Crippen LogP contribution >= 0.6 is 0 Å². The monoisotopic (exact) mass is 200 g/mol. The van der Waals surface area contributed by atoms with Crippen LogP contribution in [0, 0.1) is 11.8 Å². The van der Waals surface area contributed by atoms with Gasteiger partial charge in [0.2, 0.25) is 0 Å². The molecule has 14 heavy (non-hydrogen) atoms. The van der Waals surface area contributed by atoms with Crippen LogP contribution in [0.2, 0.25) is 0 Å². The SMILES string of the molecule is CCC(C)C1COC2(CCOC2)OC1. The number of hydrogen-bond donors (Lipinski definition) is 0. The zero-order valence-corrected chi connectivity index (χ0v) is 9.12. The Labute approximate surface area is 85.7 Å². The maximum Gasteiger partial charge on any atom is 0.193 e. The molecule has 82 valence electrons. The molecule has 3 nitrogen and oxygen atoms in total. The van der Waals surface area contributed by atoms with Gasteiger partial charge >= 0.3 is 0 Å². The minimum absolute atomic E-state index is 0.385. The van der Waals surface area contributed by atoms with Gasteiger partial charge in [0.25, 0.3) is 0 Å². The molecule has 0 bridgehead atoms. The van der Waals surface area contributed by atoms with Crippen LogP contribution in [-0.4, -0.2) is 32.2 Å². The first-order valence-corrected chi connectivity index (χ1v) is 5.61. The van der Waals surface area contributed by atoms with Gasteiger partial charge in [-0.2, -0.15) is 0 Å². The highest BCUT2D eigenvalue weighted by Crippen LogP contribution is 2.32. The lowest BCUT2D eigenvalue weighted by atomic mass is 9.92. The van der Waals surface area contributed by atoms with Crippen molar-refractivity contribution in [3.05, 3.63) is 0 Å². The van der Waals surface area contributed by atoms with E-state index >= 15 is 0 Å². The molecular formula is C11H20O3. The molecule has 1 atom stereocenters. The van der Waals surface area contributed by atoms with Gasteiger partial charge in [-0.05, 0) is 5.92 Å². The van der Waals surface area contributed by atoms with Gasteiger partial charge in [-0.3, -0.25) is 0 Å². The maximum absolute atomic E-state index is 5.81. The highest BCUT2D eigenvalue weighted by atomic mass is 16.7. The first kappa shape index (κ1) is 10.4. The summed E-state index contributed by atoms with van der Waals surface area (Å²) < 4.78 is 16.9. The predicted molar refractivity (Wildman–Crippen MR) is 53.0 cm³/mol. The summed E-state index contributed by atoms with van der Waals surface area (Å²) in [6.45, 7) is 7.53. The fraction of sp³-hybridized carbons (Fsp3) is 1.00. The van der Waals surface area contributed by atoms with Gasteiger partial charge in [0, 0.05) is 12.3 Å². The minimum Gasteiger partial charge on any atom is -0.376 e. The molecule has 2 fully saturated rings. The molecule has 2 heterocycles. The lowest BCUT2D eigenvalue weighted by Gasteiger charge is -2.38. The molecule has 1 spiro atoms. The van der Waals surface area contributed by atoms with Gasteiger partial charge in [0.1, 0.15) is 6.61 Å². The van der Waals surface area contributed by atoms with Gasteiger partial charge in [0.05, 0.1) is 19.8 Å². The minimum atomic E-state index is -0.385. The largest absolute Gasteiger partial charge is 0.376 e. The van der Waals surface area contributed by atoms with Crippen LogP contribution in [0.15, 0.2) is 0 Å². The fourth-order valence-electron chi connectivity index (χ4n) is 2.02. The van der Waals surface area contributed by atoms with Crippen molar-refractivity contribution in [1.29, 1.82) is 0 Å². The fourth-order valence-corrected chi connectivity index (χ4v) is 2.02. The van der Waals surface area contributed by atoms with E-state index in [1.165, 1.54) is 6.42 Å². The molecule has 0 aromatic carbocycles. The molecular weight excluding hydrogens is 180 g/mol. The van der Waals surface area contributed by atoms with Crippen molar-refractivity contribution < 1.29 is 14.2 Å². The summed E-state index contributed by atoms with van der Waals surface area (Å²) in [7, 11) is 0. The normalized spacial score (nSPS) is 40.3. The third-order valence-corrected chi connectivity index (χ3v) is 3.52. The van der Waals surface area contributed by atoms with Gasteiger partial charge < -0.3 is 14.2 Å². The lowest BCUT2D eigenvalue weighted by Crippen LogP contribution is -2.46. The molecule has 3 heteroatoms. The van der Waals surface area contributed by atoms with Gasteiger partial charge in [0.15, 0.2) is 5.79 Å². The van der Waals surface area contributed by atoms with Crippen LogP contribution in [0.25, 0.3) is 0 Å². The first-order valence-electron chi connectivity index (χ1n) is 5.61. The van der Waals surface area contributed by atoms with Crippen LogP contribution in [0.3, 0.4) is 0 Å². The number of rotatable bonds is 2. The second-order valence-electron chi connectivity index (χ2n) is 4.48. The molecule has 0 saturated carbocycles.